The Hall–Kier alpha value is -2.64. The summed E-state index contributed by atoms with van der Waals surface area (Å²) in [6.07, 6.45) is 3.53. The number of rotatable bonds is 1. The minimum atomic E-state index is -0.443. The van der Waals surface area contributed by atoms with Crippen molar-refractivity contribution in [3.05, 3.63) is 76.3 Å². The fourth-order valence-corrected chi connectivity index (χ4v) is 2.36. The molecule has 0 saturated carbocycles. The van der Waals surface area contributed by atoms with Crippen molar-refractivity contribution < 1.29 is 4.39 Å². The zero-order valence-electron chi connectivity index (χ0n) is 12.6. The fourth-order valence-electron chi connectivity index (χ4n) is 2.19. The van der Waals surface area contributed by atoms with Crippen LogP contribution in [0.15, 0.2) is 42.7 Å². The first-order valence-electron chi connectivity index (χ1n) is 6.99. The molecule has 0 fully saturated rings. The van der Waals surface area contributed by atoms with Crippen LogP contribution < -0.4 is 0 Å². The summed E-state index contributed by atoms with van der Waals surface area (Å²) in [5, 5.41) is 0.0792. The number of hydrogen-bond donors (Lipinski definition) is 0. The van der Waals surface area contributed by atoms with Crippen LogP contribution in [0.5, 0.6) is 0 Å². The molecule has 0 N–H and O–H groups in total. The SMILES string of the molecule is Cc1cc(C#Cc2cn(-c3ccc(F)c(Cl)c3)c(C)n2)ccn1. The minimum Gasteiger partial charge on any atom is -0.303 e. The summed E-state index contributed by atoms with van der Waals surface area (Å²) in [5.41, 5.74) is 3.18. The van der Waals surface area contributed by atoms with Gasteiger partial charge in [0, 0.05) is 29.3 Å². The molecule has 23 heavy (non-hydrogen) atoms. The molecule has 0 unspecified atom stereocenters. The molecule has 3 nitrogen and oxygen atoms in total. The van der Waals surface area contributed by atoms with E-state index in [9.17, 15) is 4.39 Å². The first-order chi connectivity index (χ1) is 11.0. The molecular formula is C18H13ClFN3. The number of pyridine rings is 1. The van der Waals surface area contributed by atoms with Gasteiger partial charge in [0.25, 0.3) is 0 Å². The second-order valence-electron chi connectivity index (χ2n) is 5.08. The molecule has 0 radical (unpaired) electrons. The maximum absolute atomic E-state index is 13.3. The highest BCUT2D eigenvalue weighted by Gasteiger charge is 2.07. The second-order valence-corrected chi connectivity index (χ2v) is 5.48. The lowest BCUT2D eigenvalue weighted by molar-refractivity contribution is 0.627. The Labute approximate surface area is 138 Å². The molecular weight excluding hydrogens is 313 g/mol. The Kier molecular flexibility index (Phi) is 4.14. The lowest BCUT2D eigenvalue weighted by Crippen LogP contribution is -1.95. The maximum Gasteiger partial charge on any atom is 0.141 e. The van der Waals surface area contributed by atoms with Gasteiger partial charge in [0.05, 0.1) is 5.02 Å². The molecule has 0 aliphatic carbocycles. The Morgan fingerprint density at radius 1 is 1.13 bits per heavy atom. The van der Waals surface area contributed by atoms with Gasteiger partial charge < -0.3 is 4.57 Å². The van der Waals surface area contributed by atoms with Crippen molar-refractivity contribution >= 4 is 11.6 Å². The molecule has 114 valence electrons. The molecule has 0 saturated heterocycles. The van der Waals surface area contributed by atoms with Gasteiger partial charge in [-0.05, 0) is 50.1 Å². The van der Waals surface area contributed by atoms with Crippen LogP contribution in [0.25, 0.3) is 5.69 Å². The molecule has 3 aromatic rings. The minimum absolute atomic E-state index is 0.0792. The standard InChI is InChI=1S/C18H13ClFN3/c1-12-9-14(7-8-21-12)3-4-15-11-23(13(2)22-15)16-5-6-18(20)17(19)10-16/h5-11H,1-2H3. The number of benzene rings is 1. The van der Waals surface area contributed by atoms with E-state index in [0.717, 1.165) is 22.8 Å². The van der Waals surface area contributed by atoms with Crippen molar-refractivity contribution in [1.29, 1.82) is 0 Å². The third-order valence-corrected chi connectivity index (χ3v) is 3.58. The zero-order valence-corrected chi connectivity index (χ0v) is 13.4. The Morgan fingerprint density at radius 3 is 2.70 bits per heavy atom. The number of aromatic nitrogens is 3. The number of aryl methyl sites for hydroxylation is 2. The van der Waals surface area contributed by atoms with E-state index in [1.165, 1.54) is 6.07 Å². The largest absolute Gasteiger partial charge is 0.303 e. The normalized spacial score (nSPS) is 10.3. The van der Waals surface area contributed by atoms with E-state index in [4.69, 9.17) is 11.6 Å². The number of imidazole rings is 1. The maximum atomic E-state index is 13.3. The molecule has 0 spiro atoms. The van der Waals surface area contributed by atoms with Gasteiger partial charge >= 0.3 is 0 Å². The predicted octanol–water partition coefficient (Wildman–Crippen LogP) is 4.08. The van der Waals surface area contributed by atoms with Gasteiger partial charge in [-0.15, -0.1) is 0 Å². The van der Waals surface area contributed by atoms with E-state index in [-0.39, 0.29) is 5.02 Å². The smallest absolute Gasteiger partial charge is 0.141 e. The molecule has 0 aliphatic rings. The number of nitrogens with zero attached hydrogens (tertiary/aromatic N) is 3. The Bertz CT molecular complexity index is 935. The van der Waals surface area contributed by atoms with Crippen molar-refractivity contribution in [2.45, 2.75) is 13.8 Å². The van der Waals surface area contributed by atoms with Crippen LogP contribution >= 0.6 is 11.6 Å². The quantitative estimate of drug-likeness (QED) is 0.631. The van der Waals surface area contributed by atoms with E-state index in [0.29, 0.717) is 5.69 Å². The molecule has 1 aromatic carbocycles. The topological polar surface area (TPSA) is 30.7 Å². The average Bonchev–Trinajstić information content (AvgIpc) is 2.89. The van der Waals surface area contributed by atoms with E-state index in [2.05, 4.69) is 21.8 Å². The van der Waals surface area contributed by atoms with Crippen molar-refractivity contribution in [2.24, 2.45) is 0 Å². The third-order valence-electron chi connectivity index (χ3n) is 3.30. The van der Waals surface area contributed by atoms with Crippen molar-refractivity contribution in [3.63, 3.8) is 0 Å². The molecule has 3 rings (SSSR count). The van der Waals surface area contributed by atoms with E-state index < -0.39 is 5.82 Å². The van der Waals surface area contributed by atoms with Crippen LogP contribution in [0.2, 0.25) is 5.02 Å². The molecule has 2 heterocycles. The van der Waals surface area contributed by atoms with Gasteiger partial charge in [0.15, 0.2) is 0 Å². The highest BCUT2D eigenvalue weighted by molar-refractivity contribution is 6.30. The first-order valence-corrected chi connectivity index (χ1v) is 7.37. The van der Waals surface area contributed by atoms with Gasteiger partial charge in [-0.25, -0.2) is 9.37 Å². The average molecular weight is 326 g/mol. The van der Waals surface area contributed by atoms with Crippen molar-refractivity contribution in [3.8, 4) is 17.5 Å². The second kappa shape index (κ2) is 6.23. The predicted molar refractivity (Wildman–Crippen MR) is 88.2 cm³/mol. The lowest BCUT2D eigenvalue weighted by atomic mass is 10.2. The van der Waals surface area contributed by atoms with E-state index in [1.807, 2.05) is 30.5 Å². The Morgan fingerprint density at radius 2 is 1.96 bits per heavy atom. The molecule has 0 bridgehead atoms. The number of hydrogen-bond acceptors (Lipinski definition) is 2. The van der Waals surface area contributed by atoms with Crippen molar-refractivity contribution in [2.75, 3.05) is 0 Å². The highest BCUT2D eigenvalue weighted by atomic mass is 35.5. The van der Waals surface area contributed by atoms with Gasteiger partial charge in [-0.2, -0.15) is 0 Å². The van der Waals surface area contributed by atoms with Crippen LogP contribution in [-0.4, -0.2) is 14.5 Å². The lowest BCUT2D eigenvalue weighted by Gasteiger charge is -2.05. The summed E-state index contributed by atoms with van der Waals surface area (Å²) >= 11 is 5.84. The monoisotopic (exact) mass is 325 g/mol. The summed E-state index contributed by atoms with van der Waals surface area (Å²) in [5.74, 6) is 6.40. The molecule has 0 aliphatic heterocycles. The van der Waals surface area contributed by atoms with Crippen molar-refractivity contribution in [1.82, 2.24) is 14.5 Å². The van der Waals surface area contributed by atoms with Crippen LogP contribution in [0.3, 0.4) is 0 Å². The summed E-state index contributed by atoms with van der Waals surface area (Å²) in [7, 11) is 0. The summed E-state index contributed by atoms with van der Waals surface area (Å²) in [6, 6.07) is 8.32. The van der Waals surface area contributed by atoms with E-state index in [1.54, 1.807) is 24.5 Å². The van der Waals surface area contributed by atoms with Gasteiger partial charge in [0.1, 0.15) is 17.3 Å². The van der Waals surface area contributed by atoms with Gasteiger partial charge in [0.2, 0.25) is 0 Å². The third kappa shape index (κ3) is 3.41. The molecule has 0 amide bonds. The van der Waals surface area contributed by atoms with Crippen LogP contribution in [0.4, 0.5) is 4.39 Å². The van der Waals surface area contributed by atoms with Gasteiger partial charge in [-0.3, -0.25) is 4.98 Å². The van der Waals surface area contributed by atoms with Crippen LogP contribution in [0.1, 0.15) is 22.8 Å². The summed E-state index contributed by atoms with van der Waals surface area (Å²) in [6.45, 7) is 3.78. The Balaban J connectivity index is 1.94. The van der Waals surface area contributed by atoms with Gasteiger partial charge in [-0.1, -0.05) is 17.5 Å². The molecule has 0 atom stereocenters. The highest BCUT2D eigenvalue weighted by Crippen LogP contribution is 2.20. The summed E-state index contributed by atoms with van der Waals surface area (Å²) in [4.78, 5) is 8.55. The first kappa shape index (κ1) is 15.3. The summed E-state index contributed by atoms with van der Waals surface area (Å²) < 4.78 is 15.1. The number of halogens is 2. The van der Waals surface area contributed by atoms with Crippen LogP contribution in [-0.2, 0) is 0 Å². The van der Waals surface area contributed by atoms with Crippen LogP contribution in [0, 0.1) is 31.5 Å². The fraction of sp³-hybridized carbons (Fsp3) is 0.111. The molecule has 2 aromatic heterocycles. The zero-order chi connectivity index (χ0) is 16.4. The molecule has 5 heteroatoms. The van der Waals surface area contributed by atoms with E-state index >= 15 is 0 Å².